The van der Waals surface area contributed by atoms with E-state index in [-0.39, 0.29) is 41.4 Å². The number of rotatable bonds is 7. The van der Waals surface area contributed by atoms with Crippen molar-refractivity contribution in [3.8, 4) is 28.4 Å². The molecule has 7 rings (SSSR count). The molecule has 1 amide bonds. The van der Waals surface area contributed by atoms with Crippen LogP contribution in [0.25, 0.3) is 11.1 Å². The SMILES string of the molecule is COc1cc(C2Nc3ccc(C(=N)N)cc3C3c4ccccc4CC23)c(-c2ccc(C(=O)NC3CC3)cc2OC)cc1O. The molecule has 8 heteroatoms. The van der Waals surface area contributed by atoms with Crippen molar-refractivity contribution < 1.29 is 19.4 Å². The lowest BCUT2D eigenvalue weighted by atomic mass is 9.74. The number of methoxy groups -OCH3 is 2. The number of ether oxygens (including phenoxy) is 2. The number of amidine groups is 1. The van der Waals surface area contributed by atoms with E-state index in [0.29, 0.717) is 22.6 Å². The van der Waals surface area contributed by atoms with E-state index in [4.69, 9.17) is 20.6 Å². The molecule has 3 aliphatic rings. The molecule has 0 saturated heterocycles. The number of hydrogen-bond donors (Lipinski definition) is 5. The number of nitrogens with two attached hydrogens (primary N) is 1. The summed E-state index contributed by atoms with van der Waals surface area (Å²) >= 11 is 0. The van der Waals surface area contributed by atoms with Crippen LogP contribution in [-0.2, 0) is 6.42 Å². The molecule has 1 heterocycles. The van der Waals surface area contributed by atoms with Crippen LogP contribution >= 0.6 is 0 Å². The van der Waals surface area contributed by atoms with Crippen molar-refractivity contribution in [3.63, 3.8) is 0 Å². The lowest BCUT2D eigenvalue weighted by molar-refractivity contribution is 0.0950. The van der Waals surface area contributed by atoms with E-state index in [1.165, 1.54) is 11.1 Å². The van der Waals surface area contributed by atoms with Crippen molar-refractivity contribution in [2.45, 2.75) is 37.3 Å². The normalized spacial score (nSPS) is 19.8. The van der Waals surface area contributed by atoms with E-state index >= 15 is 0 Å². The maximum absolute atomic E-state index is 12.8. The average molecular weight is 575 g/mol. The molecule has 3 unspecified atom stereocenters. The summed E-state index contributed by atoms with van der Waals surface area (Å²) in [6.07, 6.45) is 2.87. The third kappa shape index (κ3) is 4.63. The average Bonchev–Trinajstić information content (AvgIpc) is 3.75. The second-order valence-electron chi connectivity index (χ2n) is 11.7. The summed E-state index contributed by atoms with van der Waals surface area (Å²) in [5.74, 6) is 1.08. The van der Waals surface area contributed by atoms with Crippen LogP contribution in [0.15, 0.2) is 72.8 Å². The topological polar surface area (TPSA) is 130 Å². The van der Waals surface area contributed by atoms with E-state index in [2.05, 4.69) is 34.9 Å². The monoisotopic (exact) mass is 574 g/mol. The summed E-state index contributed by atoms with van der Waals surface area (Å²) in [7, 11) is 3.14. The minimum atomic E-state index is -0.153. The number of phenols is 1. The molecule has 4 aromatic carbocycles. The molecule has 43 heavy (non-hydrogen) atoms. The highest BCUT2D eigenvalue weighted by molar-refractivity contribution is 5.97. The number of aromatic hydroxyl groups is 1. The number of benzene rings is 4. The van der Waals surface area contributed by atoms with Crippen molar-refractivity contribution in [1.29, 1.82) is 5.41 Å². The minimum absolute atomic E-state index is 0.0208. The molecule has 8 nitrogen and oxygen atoms in total. The smallest absolute Gasteiger partial charge is 0.251 e. The lowest BCUT2D eigenvalue weighted by Gasteiger charge is -2.39. The van der Waals surface area contributed by atoms with Gasteiger partial charge in [0, 0.05) is 34.3 Å². The van der Waals surface area contributed by atoms with E-state index in [1.807, 2.05) is 36.4 Å². The van der Waals surface area contributed by atoms with Crippen LogP contribution in [-0.4, -0.2) is 37.1 Å². The zero-order valence-electron chi connectivity index (χ0n) is 24.1. The van der Waals surface area contributed by atoms with Gasteiger partial charge in [0.15, 0.2) is 11.5 Å². The highest BCUT2D eigenvalue weighted by Gasteiger charge is 2.44. The standard InChI is InChI=1S/C35H34N4O4/c1-42-30-15-20(35(41)38-21-9-10-21)7-11-23(30)24-16-29(40)31(43-2)17-25(24)33-27-13-18-5-3-4-6-22(18)32(27)26-14-19(34(36)37)8-12-28(26)39-33/h3-8,11-12,14-17,21,27,32-33,39-40H,9-10,13H2,1-2H3,(H3,36,37)(H,38,41). The lowest BCUT2D eigenvalue weighted by Crippen LogP contribution is -2.31. The molecule has 1 aliphatic heterocycles. The Balaban J connectivity index is 1.38. The van der Waals surface area contributed by atoms with Crippen LogP contribution in [0.3, 0.4) is 0 Å². The summed E-state index contributed by atoms with van der Waals surface area (Å²) in [6.45, 7) is 0. The summed E-state index contributed by atoms with van der Waals surface area (Å²) in [5.41, 5.74) is 14.3. The van der Waals surface area contributed by atoms with Gasteiger partial charge in [-0.3, -0.25) is 10.2 Å². The van der Waals surface area contributed by atoms with Gasteiger partial charge in [0.2, 0.25) is 0 Å². The van der Waals surface area contributed by atoms with Gasteiger partial charge in [-0.15, -0.1) is 0 Å². The van der Waals surface area contributed by atoms with Crippen molar-refractivity contribution in [2.24, 2.45) is 11.7 Å². The Hall–Kier alpha value is -4.98. The van der Waals surface area contributed by atoms with E-state index in [1.54, 1.807) is 26.4 Å². The molecule has 0 radical (unpaired) electrons. The van der Waals surface area contributed by atoms with Crippen LogP contribution in [0.4, 0.5) is 5.69 Å². The van der Waals surface area contributed by atoms with Crippen molar-refractivity contribution in [2.75, 3.05) is 19.5 Å². The molecule has 2 aliphatic carbocycles. The van der Waals surface area contributed by atoms with Crippen LogP contribution in [0, 0.1) is 11.3 Å². The summed E-state index contributed by atoms with van der Waals surface area (Å²) in [4.78, 5) is 12.8. The van der Waals surface area contributed by atoms with Gasteiger partial charge in [0.25, 0.3) is 5.91 Å². The quantitative estimate of drug-likeness (QED) is 0.142. The maximum atomic E-state index is 12.8. The summed E-state index contributed by atoms with van der Waals surface area (Å²) < 4.78 is 11.4. The Morgan fingerprint density at radius 3 is 2.42 bits per heavy atom. The fourth-order valence-electron chi connectivity index (χ4n) is 6.83. The molecule has 218 valence electrons. The first-order chi connectivity index (χ1) is 20.9. The molecule has 3 atom stereocenters. The van der Waals surface area contributed by atoms with Crippen LogP contribution in [0.1, 0.15) is 63.0 Å². The first kappa shape index (κ1) is 26.9. The van der Waals surface area contributed by atoms with Crippen LogP contribution < -0.4 is 25.8 Å². The Morgan fingerprint density at radius 2 is 1.67 bits per heavy atom. The number of nitrogens with one attached hydrogen (secondary N) is 3. The number of anilines is 1. The Bertz CT molecular complexity index is 1780. The van der Waals surface area contributed by atoms with Crippen molar-refractivity contribution >= 4 is 17.4 Å². The first-order valence-electron chi connectivity index (χ1n) is 14.6. The summed E-state index contributed by atoms with van der Waals surface area (Å²) in [5, 5.41) is 25.9. The number of carbonyl (C=O) groups is 1. The van der Waals surface area contributed by atoms with E-state index in [9.17, 15) is 9.90 Å². The molecule has 6 N–H and O–H groups in total. The van der Waals surface area contributed by atoms with E-state index < -0.39 is 0 Å². The second-order valence-corrected chi connectivity index (χ2v) is 11.7. The third-order valence-electron chi connectivity index (χ3n) is 9.06. The third-order valence-corrected chi connectivity index (χ3v) is 9.06. The highest BCUT2D eigenvalue weighted by atomic mass is 16.5. The van der Waals surface area contributed by atoms with Gasteiger partial charge < -0.3 is 30.9 Å². The number of carbonyl (C=O) groups excluding carboxylic acids is 1. The molecule has 4 aromatic rings. The number of hydrogen-bond acceptors (Lipinski definition) is 6. The van der Waals surface area contributed by atoms with Gasteiger partial charge >= 0.3 is 0 Å². The predicted molar refractivity (Wildman–Crippen MR) is 166 cm³/mol. The van der Waals surface area contributed by atoms with Gasteiger partial charge in [0.05, 0.1) is 20.3 Å². The molecule has 0 bridgehead atoms. The molecule has 0 aromatic heterocycles. The van der Waals surface area contributed by atoms with Gasteiger partial charge in [-0.1, -0.05) is 24.3 Å². The Kier molecular flexibility index (Phi) is 6.49. The van der Waals surface area contributed by atoms with Gasteiger partial charge in [0.1, 0.15) is 11.6 Å². The zero-order chi connectivity index (χ0) is 29.8. The fourth-order valence-corrected chi connectivity index (χ4v) is 6.83. The maximum Gasteiger partial charge on any atom is 0.251 e. The predicted octanol–water partition coefficient (Wildman–Crippen LogP) is 5.72. The number of nitrogen functional groups attached to an aromatic ring is 1. The van der Waals surface area contributed by atoms with Gasteiger partial charge in [-0.05, 0) is 102 Å². The zero-order valence-corrected chi connectivity index (χ0v) is 24.1. The van der Waals surface area contributed by atoms with E-state index in [0.717, 1.165) is 47.2 Å². The van der Waals surface area contributed by atoms with Crippen LogP contribution in [0.5, 0.6) is 17.2 Å². The first-order valence-corrected chi connectivity index (χ1v) is 14.6. The molecule has 1 fully saturated rings. The number of fused-ring (bicyclic) bond motifs is 5. The Morgan fingerprint density at radius 1 is 0.907 bits per heavy atom. The highest BCUT2D eigenvalue weighted by Crippen LogP contribution is 2.56. The molecule has 0 spiro atoms. The summed E-state index contributed by atoms with van der Waals surface area (Å²) in [6, 6.07) is 23.6. The molecular formula is C35H34N4O4. The minimum Gasteiger partial charge on any atom is -0.504 e. The molecule has 1 saturated carbocycles. The largest absolute Gasteiger partial charge is 0.504 e. The number of amides is 1. The van der Waals surface area contributed by atoms with Gasteiger partial charge in [-0.25, -0.2) is 0 Å². The Labute approximate surface area is 250 Å². The van der Waals surface area contributed by atoms with Crippen molar-refractivity contribution in [3.05, 3.63) is 106 Å². The molecular weight excluding hydrogens is 540 g/mol. The second kappa shape index (κ2) is 10.4. The number of phenolic OH excluding ortho intramolecular Hbond substituents is 1. The van der Waals surface area contributed by atoms with Gasteiger partial charge in [-0.2, -0.15) is 0 Å². The fraction of sp³-hybridized carbons (Fsp3) is 0.257. The van der Waals surface area contributed by atoms with Crippen LogP contribution in [0.2, 0.25) is 0 Å². The van der Waals surface area contributed by atoms with Crippen molar-refractivity contribution in [1.82, 2.24) is 5.32 Å².